The van der Waals surface area contributed by atoms with E-state index in [-0.39, 0.29) is 11.8 Å². The lowest BCUT2D eigenvalue weighted by Gasteiger charge is -2.32. The van der Waals surface area contributed by atoms with Crippen LogP contribution in [-0.4, -0.2) is 36.1 Å². The maximum absolute atomic E-state index is 12.7. The molecule has 1 aliphatic rings. The highest BCUT2D eigenvalue weighted by Crippen LogP contribution is 2.25. The molecule has 1 N–H and O–H groups in total. The van der Waals surface area contributed by atoms with Crippen LogP contribution in [-0.2, 0) is 11.3 Å². The average Bonchev–Trinajstić information content (AvgIpc) is 2.83. The number of methoxy groups -OCH3 is 1. The fourth-order valence-corrected chi connectivity index (χ4v) is 3.83. The van der Waals surface area contributed by atoms with Crippen molar-refractivity contribution in [1.82, 2.24) is 15.3 Å². The minimum Gasteiger partial charge on any atom is -0.496 e. The molecule has 0 aliphatic carbocycles. The minimum atomic E-state index is 0.0198. The molecule has 0 atom stereocenters. The molecule has 1 aromatic heterocycles. The molecule has 6 heteroatoms. The van der Waals surface area contributed by atoms with Gasteiger partial charge >= 0.3 is 0 Å². The van der Waals surface area contributed by atoms with Crippen LogP contribution in [0, 0.1) is 5.92 Å². The Labute approximate surface area is 176 Å². The zero-order valence-corrected chi connectivity index (χ0v) is 17.1. The fraction of sp³-hybridized carbons (Fsp3) is 0.292. The summed E-state index contributed by atoms with van der Waals surface area (Å²) in [5.41, 5.74) is 2.98. The lowest BCUT2D eigenvalue weighted by molar-refractivity contribution is -0.125. The van der Waals surface area contributed by atoms with Gasteiger partial charge in [0.15, 0.2) is 0 Å². The van der Waals surface area contributed by atoms with Crippen LogP contribution < -0.4 is 15.0 Å². The molecular weight excluding hydrogens is 376 g/mol. The molecule has 2 aromatic carbocycles. The number of para-hydroxylation sites is 1. The van der Waals surface area contributed by atoms with Crippen LogP contribution in [0.25, 0.3) is 11.3 Å². The maximum Gasteiger partial charge on any atom is 0.223 e. The number of benzene rings is 2. The third kappa shape index (κ3) is 4.59. The van der Waals surface area contributed by atoms with Crippen molar-refractivity contribution in [2.75, 3.05) is 25.1 Å². The molecule has 1 saturated heterocycles. The second-order valence-corrected chi connectivity index (χ2v) is 7.42. The SMILES string of the molecule is COc1ccccc1CNC(=O)C1CCN(c2cc(-c3ccccc3)ncn2)CC1. The van der Waals surface area contributed by atoms with Gasteiger partial charge in [-0.2, -0.15) is 0 Å². The van der Waals surface area contributed by atoms with Crippen molar-refractivity contribution in [3.05, 3.63) is 72.6 Å². The van der Waals surface area contributed by atoms with E-state index in [1.807, 2.05) is 60.7 Å². The van der Waals surface area contributed by atoms with Crippen LogP contribution in [0.3, 0.4) is 0 Å². The summed E-state index contributed by atoms with van der Waals surface area (Å²) in [6.07, 6.45) is 3.23. The van der Waals surface area contributed by atoms with Gasteiger partial charge in [-0.25, -0.2) is 9.97 Å². The first-order valence-corrected chi connectivity index (χ1v) is 10.3. The van der Waals surface area contributed by atoms with Crippen molar-refractivity contribution < 1.29 is 9.53 Å². The highest BCUT2D eigenvalue weighted by Gasteiger charge is 2.25. The zero-order chi connectivity index (χ0) is 20.8. The lowest BCUT2D eigenvalue weighted by atomic mass is 9.95. The fourth-order valence-electron chi connectivity index (χ4n) is 3.83. The summed E-state index contributed by atoms with van der Waals surface area (Å²) in [7, 11) is 1.65. The van der Waals surface area contributed by atoms with Gasteiger partial charge in [-0.15, -0.1) is 0 Å². The van der Waals surface area contributed by atoms with E-state index in [0.717, 1.165) is 54.3 Å². The van der Waals surface area contributed by atoms with E-state index in [0.29, 0.717) is 6.54 Å². The molecule has 30 heavy (non-hydrogen) atoms. The zero-order valence-electron chi connectivity index (χ0n) is 17.1. The molecular formula is C24H26N4O2. The number of piperidine rings is 1. The number of hydrogen-bond acceptors (Lipinski definition) is 5. The van der Waals surface area contributed by atoms with E-state index >= 15 is 0 Å². The number of carbonyl (C=O) groups is 1. The first-order valence-electron chi connectivity index (χ1n) is 10.3. The summed E-state index contributed by atoms with van der Waals surface area (Å²) in [5.74, 6) is 1.84. The quantitative estimate of drug-likeness (QED) is 0.681. The molecule has 0 radical (unpaired) electrons. The third-order valence-electron chi connectivity index (χ3n) is 5.56. The van der Waals surface area contributed by atoms with Crippen LogP contribution in [0.1, 0.15) is 18.4 Å². The number of nitrogens with zero attached hydrogens (tertiary/aromatic N) is 3. The second-order valence-electron chi connectivity index (χ2n) is 7.42. The number of amides is 1. The molecule has 1 aliphatic heterocycles. The predicted octanol–water partition coefficient (Wildman–Crippen LogP) is 3.69. The Bertz CT molecular complexity index is 985. The van der Waals surface area contributed by atoms with E-state index in [9.17, 15) is 4.79 Å². The highest BCUT2D eigenvalue weighted by molar-refractivity contribution is 5.79. The number of ether oxygens (including phenoxy) is 1. The number of nitrogens with one attached hydrogen (secondary N) is 1. The number of anilines is 1. The normalized spacial score (nSPS) is 14.4. The lowest BCUT2D eigenvalue weighted by Crippen LogP contribution is -2.40. The van der Waals surface area contributed by atoms with E-state index in [1.54, 1.807) is 13.4 Å². The summed E-state index contributed by atoms with van der Waals surface area (Å²) >= 11 is 0. The minimum absolute atomic E-state index is 0.0198. The van der Waals surface area contributed by atoms with Crippen molar-refractivity contribution in [3.8, 4) is 17.0 Å². The van der Waals surface area contributed by atoms with Crippen molar-refractivity contribution in [2.45, 2.75) is 19.4 Å². The monoisotopic (exact) mass is 402 g/mol. The average molecular weight is 402 g/mol. The van der Waals surface area contributed by atoms with Crippen molar-refractivity contribution >= 4 is 11.7 Å². The number of aromatic nitrogens is 2. The Morgan fingerprint density at radius 2 is 1.80 bits per heavy atom. The molecule has 154 valence electrons. The standard InChI is InChI=1S/C24H26N4O2/c1-30-22-10-6-5-9-20(22)16-25-24(29)19-11-13-28(14-12-19)23-15-21(26-17-27-23)18-7-3-2-4-8-18/h2-10,15,17,19H,11-14,16H2,1H3,(H,25,29). The molecule has 0 saturated carbocycles. The Balaban J connectivity index is 1.33. The summed E-state index contributed by atoms with van der Waals surface area (Å²) in [6, 6.07) is 19.9. The van der Waals surface area contributed by atoms with Gasteiger partial charge in [0.05, 0.1) is 12.8 Å². The van der Waals surface area contributed by atoms with Crippen molar-refractivity contribution in [2.24, 2.45) is 5.92 Å². The predicted molar refractivity (Wildman–Crippen MR) is 117 cm³/mol. The van der Waals surface area contributed by atoms with Gasteiger partial charge in [0, 0.05) is 42.7 Å². The van der Waals surface area contributed by atoms with Crippen LogP contribution >= 0.6 is 0 Å². The number of carbonyl (C=O) groups excluding carboxylic acids is 1. The summed E-state index contributed by atoms with van der Waals surface area (Å²) in [5, 5.41) is 3.07. The summed E-state index contributed by atoms with van der Waals surface area (Å²) in [4.78, 5) is 23.7. The van der Waals surface area contributed by atoms with Gasteiger partial charge in [-0.3, -0.25) is 4.79 Å². The van der Waals surface area contributed by atoms with Gasteiger partial charge in [0.2, 0.25) is 5.91 Å². The first-order chi connectivity index (χ1) is 14.7. The molecule has 2 heterocycles. The molecule has 1 fully saturated rings. The van der Waals surface area contributed by atoms with Crippen molar-refractivity contribution in [1.29, 1.82) is 0 Å². The summed E-state index contributed by atoms with van der Waals surface area (Å²) in [6.45, 7) is 2.09. The van der Waals surface area contributed by atoms with Gasteiger partial charge in [0.25, 0.3) is 0 Å². The van der Waals surface area contributed by atoms with E-state index < -0.39 is 0 Å². The largest absolute Gasteiger partial charge is 0.496 e. The topological polar surface area (TPSA) is 67.3 Å². The van der Waals surface area contributed by atoms with Gasteiger partial charge < -0.3 is 15.0 Å². The Hall–Kier alpha value is -3.41. The van der Waals surface area contributed by atoms with Crippen LogP contribution in [0.15, 0.2) is 67.0 Å². The molecule has 4 rings (SSSR count). The molecule has 1 amide bonds. The van der Waals surface area contributed by atoms with Crippen molar-refractivity contribution in [3.63, 3.8) is 0 Å². The first kappa shape index (κ1) is 19.9. The van der Waals surface area contributed by atoms with Crippen LogP contribution in [0.4, 0.5) is 5.82 Å². The van der Waals surface area contributed by atoms with E-state index in [4.69, 9.17) is 4.74 Å². The third-order valence-corrected chi connectivity index (χ3v) is 5.56. The number of rotatable bonds is 6. The molecule has 3 aromatic rings. The Morgan fingerprint density at radius 1 is 1.07 bits per heavy atom. The van der Waals surface area contributed by atoms with Crippen LogP contribution in [0.5, 0.6) is 5.75 Å². The molecule has 0 bridgehead atoms. The smallest absolute Gasteiger partial charge is 0.223 e. The molecule has 0 unspecified atom stereocenters. The van der Waals surface area contributed by atoms with Crippen LogP contribution in [0.2, 0.25) is 0 Å². The van der Waals surface area contributed by atoms with E-state index in [2.05, 4.69) is 20.2 Å². The van der Waals surface area contributed by atoms with Gasteiger partial charge in [0.1, 0.15) is 17.9 Å². The molecule has 0 spiro atoms. The van der Waals surface area contributed by atoms with Gasteiger partial charge in [-0.05, 0) is 18.9 Å². The number of hydrogen-bond donors (Lipinski definition) is 1. The molecule has 6 nitrogen and oxygen atoms in total. The summed E-state index contributed by atoms with van der Waals surface area (Å²) < 4.78 is 5.36. The highest BCUT2D eigenvalue weighted by atomic mass is 16.5. The van der Waals surface area contributed by atoms with Gasteiger partial charge in [-0.1, -0.05) is 48.5 Å². The Morgan fingerprint density at radius 3 is 2.57 bits per heavy atom. The maximum atomic E-state index is 12.7. The Kier molecular flexibility index (Phi) is 6.23. The second kappa shape index (κ2) is 9.39. The van der Waals surface area contributed by atoms with E-state index in [1.165, 1.54) is 0 Å².